The Labute approximate surface area is 124 Å². The van der Waals surface area contributed by atoms with Crippen LogP contribution in [0.2, 0.25) is 0 Å². The molecule has 1 atom stereocenters. The number of carbonyl (C=O) groups is 1. The standard InChI is InChI=1S/C14H13BrN2OS/c15-12-8-16-14(19-12)17-13(18)11-6-5-9-3-1-2-4-10(9)7-11/h1-4,8,11H,5-7H2,(H,16,17,18). The van der Waals surface area contributed by atoms with Gasteiger partial charge in [-0.25, -0.2) is 4.98 Å². The summed E-state index contributed by atoms with van der Waals surface area (Å²) in [5.74, 6) is 0.133. The summed E-state index contributed by atoms with van der Waals surface area (Å²) in [5, 5.41) is 3.56. The van der Waals surface area contributed by atoms with Crippen LogP contribution in [0.5, 0.6) is 0 Å². The Morgan fingerprint density at radius 2 is 2.16 bits per heavy atom. The van der Waals surface area contributed by atoms with Crippen LogP contribution < -0.4 is 5.32 Å². The van der Waals surface area contributed by atoms with Gasteiger partial charge in [0.2, 0.25) is 5.91 Å². The Hall–Kier alpha value is -1.20. The molecule has 3 nitrogen and oxygen atoms in total. The van der Waals surface area contributed by atoms with E-state index in [1.807, 2.05) is 6.07 Å². The van der Waals surface area contributed by atoms with Crippen molar-refractivity contribution in [1.29, 1.82) is 0 Å². The molecule has 0 saturated carbocycles. The van der Waals surface area contributed by atoms with Crippen molar-refractivity contribution in [1.82, 2.24) is 4.98 Å². The van der Waals surface area contributed by atoms with Crippen LogP contribution in [0.1, 0.15) is 17.5 Å². The van der Waals surface area contributed by atoms with Gasteiger partial charge in [-0.3, -0.25) is 4.79 Å². The fourth-order valence-electron chi connectivity index (χ4n) is 2.44. The highest BCUT2D eigenvalue weighted by Gasteiger charge is 2.24. The second-order valence-corrected chi connectivity index (χ2v) is 7.08. The number of rotatable bonds is 2. The third kappa shape index (κ3) is 2.87. The van der Waals surface area contributed by atoms with E-state index in [2.05, 4.69) is 44.4 Å². The van der Waals surface area contributed by atoms with E-state index in [1.54, 1.807) is 6.20 Å². The number of hydrogen-bond donors (Lipinski definition) is 1. The number of aryl methyl sites for hydroxylation is 1. The molecule has 1 amide bonds. The predicted molar refractivity (Wildman–Crippen MR) is 80.4 cm³/mol. The van der Waals surface area contributed by atoms with Gasteiger partial charge >= 0.3 is 0 Å². The number of aromatic nitrogens is 1. The molecule has 0 aliphatic heterocycles. The van der Waals surface area contributed by atoms with Crippen molar-refractivity contribution < 1.29 is 4.79 Å². The maximum atomic E-state index is 12.2. The first kappa shape index (κ1) is 12.8. The van der Waals surface area contributed by atoms with E-state index >= 15 is 0 Å². The molecule has 1 aromatic carbocycles. The van der Waals surface area contributed by atoms with Gasteiger partial charge in [0.05, 0.1) is 9.98 Å². The average molecular weight is 337 g/mol. The molecule has 0 bridgehead atoms. The van der Waals surface area contributed by atoms with Crippen LogP contribution in [-0.4, -0.2) is 10.9 Å². The number of carbonyl (C=O) groups excluding carboxylic acids is 1. The van der Waals surface area contributed by atoms with Crippen molar-refractivity contribution in [2.45, 2.75) is 19.3 Å². The van der Waals surface area contributed by atoms with Gasteiger partial charge in [0.15, 0.2) is 5.13 Å². The quantitative estimate of drug-likeness (QED) is 0.909. The van der Waals surface area contributed by atoms with Gasteiger partial charge in [-0.1, -0.05) is 35.6 Å². The minimum Gasteiger partial charge on any atom is -0.302 e. The van der Waals surface area contributed by atoms with E-state index in [1.165, 1.54) is 22.5 Å². The number of nitrogens with one attached hydrogen (secondary N) is 1. The summed E-state index contributed by atoms with van der Waals surface area (Å²) in [6.45, 7) is 0. The first-order valence-electron chi connectivity index (χ1n) is 6.21. The zero-order chi connectivity index (χ0) is 13.2. The Bertz CT molecular complexity index is 611. The van der Waals surface area contributed by atoms with Crippen molar-refractivity contribution in [3.63, 3.8) is 0 Å². The second-order valence-electron chi connectivity index (χ2n) is 4.67. The average Bonchev–Trinajstić information content (AvgIpc) is 2.83. The normalized spacial score (nSPS) is 17.8. The van der Waals surface area contributed by atoms with E-state index < -0.39 is 0 Å². The fraction of sp³-hybridized carbons (Fsp3) is 0.286. The van der Waals surface area contributed by atoms with Gasteiger partial charge < -0.3 is 5.32 Å². The number of nitrogens with zero attached hydrogens (tertiary/aromatic N) is 1. The molecule has 0 spiro atoms. The van der Waals surface area contributed by atoms with Crippen LogP contribution in [0.15, 0.2) is 34.2 Å². The van der Waals surface area contributed by atoms with Gasteiger partial charge in [-0.05, 0) is 46.3 Å². The molecule has 1 N–H and O–H groups in total. The number of benzene rings is 1. The monoisotopic (exact) mass is 336 g/mol. The lowest BCUT2D eigenvalue weighted by atomic mass is 9.83. The van der Waals surface area contributed by atoms with E-state index in [-0.39, 0.29) is 11.8 Å². The minimum atomic E-state index is 0.0533. The van der Waals surface area contributed by atoms with Gasteiger partial charge in [0, 0.05) is 5.92 Å². The number of thiazole rings is 1. The highest BCUT2D eigenvalue weighted by Crippen LogP contribution is 2.28. The Morgan fingerprint density at radius 1 is 1.37 bits per heavy atom. The predicted octanol–water partition coefficient (Wildman–Crippen LogP) is 3.65. The second kappa shape index (κ2) is 5.43. The highest BCUT2D eigenvalue weighted by atomic mass is 79.9. The Morgan fingerprint density at radius 3 is 2.89 bits per heavy atom. The minimum absolute atomic E-state index is 0.0533. The molecule has 3 rings (SSSR count). The number of anilines is 1. The van der Waals surface area contributed by atoms with Gasteiger partial charge in [-0.15, -0.1) is 0 Å². The smallest absolute Gasteiger partial charge is 0.229 e. The topological polar surface area (TPSA) is 42.0 Å². The molecule has 19 heavy (non-hydrogen) atoms. The third-order valence-electron chi connectivity index (χ3n) is 3.43. The van der Waals surface area contributed by atoms with Crippen molar-refractivity contribution in [2.24, 2.45) is 5.92 Å². The number of hydrogen-bond acceptors (Lipinski definition) is 3. The summed E-state index contributed by atoms with van der Waals surface area (Å²) in [5.41, 5.74) is 2.68. The maximum Gasteiger partial charge on any atom is 0.229 e. The molecule has 1 unspecified atom stereocenters. The van der Waals surface area contributed by atoms with Crippen molar-refractivity contribution in [3.8, 4) is 0 Å². The maximum absolute atomic E-state index is 12.2. The molecule has 2 aromatic rings. The first-order chi connectivity index (χ1) is 9.22. The largest absolute Gasteiger partial charge is 0.302 e. The van der Waals surface area contributed by atoms with Crippen LogP contribution in [0.4, 0.5) is 5.13 Å². The Kier molecular flexibility index (Phi) is 3.66. The summed E-state index contributed by atoms with van der Waals surface area (Å²) >= 11 is 4.78. The van der Waals surface area contributed by atoms with Crippen molar-refractivity contribution in [3.05, 3.63) is 45.4 Å². The zero-order valence-electron chi connectivity index (χ0n) is 10.2. The molecular weight excluding hydrogens is 324 g/mol. The van der Waals surface area contributed by atoms with E-state index in [0.29, 0.717) is 5.13 Å². The molecule has 0 radical (unpaired) electrons. The number of fused-ring (bicyclic) bond motifs is 1. The summed E-state index contributed by atoms with van der Waals surface area (Å²) in [4.78, 5) is 16.4. The van der Waals surface area contributed by atoms with Crippen LogP contribution in [0.3, 0.4) is 0 Å². The number of amides is 1. The highest BCUT2D eigenvalue weighted by molar-refractivity contribution is 9.11. The molecule has 98 valence electrons. The summed E-state index contributed by atoms with van der Waals surface area (Å²) < 4.78 is 0.928. The van der Waals surface area contributed by atoms with Crippen LogP contribution >= 0.6 is 27.3 Å². The SMILES string of the molecule is O=C(Nc1ncc(Br)s1)C1CCc2ccccc2C1. The van der Waals surface area contributed by atoms with E-state index in [0.717, 1.165) is 23.0 Å². The van der Waals surface area contributed by atoms with Gasteiger partial charge in [0.25, 0.3) is 0 Å². The number of halogens is 1. The molecule has 1 aromatic heterocycles. The third-order valence-corrected chi connectivity index (χ3v) is 4.82. The fourth-order valence-corrected chi connectivity index (χ4v) is 3.55. The van der Waals surface area contributed by atoms with Crippen molar-refractivity contribution in [2.75, 3.05) is 5.32 Å². The zero-order valence-corrected chi connectivity index (χ0v) is 12.6. The first-order valence-corrected chi connectivity index (χ1v) is 7.82. The Balaban J connectivity index is 1.69. The summed E-state index contributed by atoms with van der Waals surface area (Å²) in [7, 11) is 0. The van der Waals surface area contributed by atoms with Crippen molar-refractivity contribution >= 4 is 38.3 Å². The lowest BCUT2D eigenvalue weighted by Gasteiger charge is -2.23. The van der Waals surface area contributed by atoms with Crippen LogP contribution in [0, 0.1) is 5.92 Å². The molecule has 1 aliphatic carbocycles. The van der Waals surface area contributed by atoms with E-state index in [4.69, 9.17) is 0 Å². The lowest BCUT2D eigenvalue weighted by molar-refractivity contribution is -0.120. The molecule has 1 heterocycles. The molecule has 0 saturated heterocycles. The van der Waals surface area contributed by atoms with Crippen LogP contribution in [0.25, 0.3) is 0 Å². The molecule has 0 fully saturated rings. The van der Waals surface area contributed by atoms with Gasteiger partial charge in [-0.2, -0.15) is 0 Å². The molecule has 1 aliphatic rings. The van der Waals surface area contributed by atoms with E-state index in [9.17, 15) is 4.79 Å². The van der Waals surface area contributed by atoms with Crippen LogP contribution in [-0.2, 0) is 17.6 Å². The molecule has 5 heteroatoms. The summed E-state index contributed by atoms with van der Waals surface area (Å²) in [6.07, 6.45) is 4.43. The summed E-state index contributed by atoms with van der Waals surface area (Å²) in [6, 6.07) is 8.37. The molecular formula is C14H13BrN2OS. The lowest BCUT2D eigenvalue weighted by Crippen LogP contribution is -2.28. The van der Waals surface area contributed by atoms with Gasteiger partial charge in [0.1, 0.15) is 0 Å².